The molecule has 0 radical (unpaired) electrons. The number of aliphatic carboxylic acids is 1. The molecule has 2 atom stereocenters. The van der Waals surface area contributed by atoms with E-state index in [1.54, 1.807) is 16.7 Å². The highest BCUT2D eigenvalue weighted by atomic mass is 32.2. The molecule has 0 aromatic heterocycles. The molecule has 3 aliphatic rings. The van der Waals surface area contributed by atoms with Gasteiger partial charge in [0.1, 0.15) is 6.04 Å². The van der Waals surface area contributed by atoms with Crippen LogP contribution in [0.25, 0.3) is 0 Å². The van der Waals surface area contributed by atoms with Gasteiger partial charge >= 0.3 is 5.97 Å². The molecule has 0 spiro atoms. The van der Waals surface area contributed by atoms with Gasteiger partial charge in [-0.05, 0) is 38.3 Å². The predicted octanol–water partition coefficient (Wildman–Crippen LogP) is 0.0464. The van der Waals surface area contributed by atoms with Crippen molar-refractivity contribution < 1.29 is 14.7 Å². The van der Waals surface area contributed by atoms with Crippen LogP contribution in [0, 0.1) is 5.92 Å². The zero-order valence-corrected chi connectivity index (χ0v) is 13.0. The lowest BCUT2D eigenvalue weighted by Gasteiger charge is -2.30. The largest absolute Gasteiger partial charge is 0.480 e. The lowest BCUT2D eigenvalue weighted by atomic mass is 10.2. The van der Waals surface area contributed by atoms with E-state index in [1.165, 1.54) is 0 Å². The van der Waals surface area contributed by atoms with Crippen LogP contribution in [0.1, 0.15) is 19.3 Å². The highest BCUT2D eigenvalue weighted by molar-refractivity contribution is 8.00. The molecule has 1 amide bonds. The van der Waals surface area contributed by atoms with Gasteiger partial charge in [0.2, 0.25) is 5.91 Å². The van der Waals surface area contributed by atoms with Crippen LogP contribution in [0.4, 0.5) is 0 Å². The van der Waals surface area contributed by atoms with Crippen molar-refractivity contribution in [2.75, 3.05) is 38.5 Å². The van der Waals surface area contributed by atoms with E-state index in [1.807, 2.05) is 0 Å². The average Bonchev–Trinajstić information content (AvgIpc) is 3.23. The van der Waals surface area contributed by atoms with E-state index in [4.69, 9.17) is 0 Å². The van der Waals surface area contributed by atoms with Gasteiger partial charge in [-0.25, -0.2) is 4.79 Å². The summed E-state index contributed by atoms with van der Waals surface area (Å²) >= 11 is 1.65. The minimum atomic E-state index is -0.864. The van der Waals surface area contributed by atoms with Crippen molar-refractivity contribution in [2.45, 2.75) is 30.7 Å². The predicted molar refractivity (Wildman–Crippen MR) is 81.2 cm³/mol. The van der Waals surface area contributed by atoms with Crippen LogP contribution < -0.4 is 5.32 Å². The number of carboxylic acid groups (broad SMARTS) is 1. The highest BCUT2D eigenvalue weighted by Gasteiger charge is 2.48. The normalized spacial score (nSPS) is 31.1. The third kappa shape index (κ3) is 3.52. The number of thioether (sulfide) groups is 1. The van der Waals surface area contributed by atoms with Crippen LogP contribution in [0.2, 0.25) is 0 Å². The van der Waals surface area contributed by atoms with E-state index >= 15 is 0 Å². The van der Waals surface area contributed by atoms with Crippen molar-refractivity contribution in [2.24, 2.45) is 5.92 Å². The Kier molecular flexibility index (Phi) is 4.71. The second kappa shape index (κ2) is 6.54. The zero-order valence-electron chi connectivity index (χ0n) is 12.2. The molecule has 3 rings (SSSR count). The van der Waals surface area contributed by atoms with E-state index in [2.05, 4.69) is 10.2 Å². The number of nitrogens with one attached hydrogen (secondary N) is 1. The molecule has 7 heteroatoms. The number of hydrogen-bond donors (Lipinski definition) is 2. The van der Waals surface area contributed by atoms with Gasteiger partial charge < -0.3 is 15.3 Å². The summed E-state index contributed by atoms with van der Waals surface area (Å²) in [6, 6.07) is -0.641. The molecule has 1 saturated carbocycles. The monoisotopic (exact) mass is 313 g/mol. The van der Waals surface area contributed by atoms with E-state index < -0.39 is 12.0 Å². The average molecular weight is 313 g/mol. The molecule has 1 aliphatic carbocycles. The maximum absolute atomic E-state index is 12.7. The zero-order chi connectivity index (χ0) is 14.8. The minimum absolute atomic E-state index is 0.00815. The number of amides is 1. The Morgan fingerprint density at radius 2 is 2.05 bits per heavy atom. The number of nitrogens with zero attached hydrogens (tertiary/aromatic N) is 2. The first-order valence-corrected chi connectivity index (χ1v) is 8.80. The molecule has 2 heterocycles. The van der Waals surface area contributed by atoms with Crippen LogP contribution in [0.3, 0.4) is 0 Å². The van der Waals surface area contributed by atoms with Crippen molar-refractivity contribution >= 4 is 23.6 Å². The van der Waals surface area contributed by atoms with Crippen molar-refractivity contribution in [3.8, 4) is 0 Å². The maximum atomic E-state index is 12.7. The lowest BCUT2D eigenvalue weighted by molar-refractivity contribution is -0.149. The Morgan fingerprint density at radius 1 is 1.24 bits per heavy atom. The lowest BCUT2D eigenvalue weighted by Crippen LogP contribution is -2.50. The second-order valence-corrected chi connectivity index (χ2v) is 7.25. The summed E-state index contributed by atoms with van der Waals surface area (Å²) in [4.78, 5) is 27.9. The van der Waals surface area contributed by atoms with E-state index in [0.29, 0.717) is 18.2 Å². The van der Waals surface area contributed by atoms with Crippen molar-refractivity contribution in [3.05, 3.63) is 0 Å². The van der Waals surface area contributed by atoms with Crippen molar-refractivity contribution in [3.63, 3.8) is 0 Å². The Hall–Kier alpha value is -0.790. The molecule has 3 fully saturated rings. The standard InChI is InChI=1S/C14H23N3O3S/c18-12(8-16-6-1-4-15-5-7-16)17-11(14(19)20)9-21-13(17)10-2-3-10/h10-11,13,15H,1-9H2,(H,19,20). The van der Waals surface area contributed by atoms with Gasteiger partial charge in [0, 0.05) is 18.8 Å². The van der Waals surface area contributed by atoms with Crippen LogP contribution in [0.15, 0.2) is 0 Å². The molecule has 2 N–H and O–H groups in total. The first-order valence-electron chi connectivity index (χ1n) is 7.75. The van der Waals surface area contributed by atoms with Crippen LogP contribution >= 0.6 is 11.8 Å². The summed E-state index contributed by atoms with van der Waals surface area (Å²) < 4.78 is 0. The Labute approximate surface area is 129 Å². The molecule has 2 saturated heterocycles. The van der Waals surface area contributed by atoms with Crippen LogP contribution in [-0.4, -0.2) is 76.7 Å². The smallest absolute Gasteiger partial charge is 0.327 e. The number of hydrogen-bond acceptors (Lipinski definition) is 5. The number of carbonyl (C=O) groups is 2. The molecule has 0 aromatic carbocycles. The van der Waals surface area contributed by atoms with Crippen LogP contribution in [0.5, 0.6) is 0 Å². The quantitative estimate of drug-likeness (QED) is 0.764. The van der Waals surface area contributed by atoms with Gasteiger partial charge in [-0.15, -0.1) is 11.8 Å². The van der Waals surface area contributed by atoms with Crippen molar-refractivity contribution in [1.29, 1.82) is 0 Å². The molecule has 2 aliphatic heterocycles. The first-order chi connectivity index (χ1) is 10.2. The summed E-state index contributed by atoms with van der Waals surface area (Å²) in [5.74, 6) is 0.168. The number of carbonyl (C=O) groups excluding carboxylic acids is 1. The van der Waals surface area contributed by atoms with Crippen LogP contribution in [-0.2, 0) is 9.59 Å². The maximum Gasteiger partial charge on any atom is 0.327 e. The summed E-state index contributed by atoms with van der Waals surface area (Å²) in [5, 5.41) is 12.8. The minimum Gasteiger partial charge on any atom is -0.480 e. The van der Waals surface area contributed by atoms with Gasteiger partial charge in [-0.3, -0.25) is 9.69 Å². The van der Waals surface area contributed by atoms with Gasteiger partial charge in [0.15, 0.2) is 0 Å². The summed E-state index contributed by atoms with van der Waals surface area (Å²) in [6.45, 7) is 4.02. The highest BCUT2D eigenvalue weighted by Crippen LogP contribution is 2.45. The van der Waals surface area contributed by atoms with Gasteiger partial charge in [0.25, 0.3) is 0 Å². The van der Waals surface area contributed by atoms with Gasteiger partial charge in [-0.2, -0.15) is 0 Å². The Bertz CT molecular complexity index is 408. The molecule has 0 bridgehead atoms. The molecule has 2 unspecified atom stereocenters. The van der Waals surface area contributed by atoms with E-state index in [-0.39, 0.29) is 11.3 Å². The van der Waals surface area contributed by atoms with Crippen molar-refractivity contribution in [1.82, 2.24) is 15.1 Å². The third-order valence-corrected chi connectivity index (χ3v) is 5.89. The molecular formula is C14H23N3O3S. The van der Waals surface area contributed by atoms with Gasteiger partial charge in [0.05, 0.1) is 11.9 Å². The Morgan fingerprint density at radius 3 is 2.76 bits per heavy atom. The fourth-order valence-electron chi connectivity index (χ4n) is 3.11. The molecule has 6 nitrogen and oxygen atoms in total. The molecule has 21 heavy (non-hydrogen) atoms. The van der Waals surface area contributed by atoms with E-state index in [0.717, 1.165) is 45.4 Å². The summed E-state index contributed by atoms with van der Waals surface area (Å²) in [6.07, 6.45) is 3.29. The summed E-state index contributed by atoms with van der Waals surface area (Å²) in [5.41, 5.74) is 0. The van der Waals surface area contributed by atoms with Gasteiger partial charge in [-0.1, -0.05) is 0 Å². The SMILES string of the molecule is O=C(O)C1CSC(C2CC2)N1C(=O)CN1CCCNCC1. The van der Waals surface area contributed by atoms with E-state index in [9.17, 15) is 14.7 Å². The molecule has 0 aromatic rings. The fourth-order valence-corrected chi connectivity index (χ4v) is 4.76. The Balaban J connectivity index is 1.65. The number of rotatable bonds is 4. The molecule has 118 valence electrons. The number of carboxylic acids is 1. The summed E-state index contributed by atoms with van der Waals surface area (Å²) in [7, 11) is 0. The second-order valence-electron chi connectivity index (χ2n) is 6.10. The third-order valence-electron chi connectivity index (χ3n) is 4.42. The fraction of sp³-hybridized carbons (Fsp3) is 0.857. The first kappa shape index (κ1) is 15.1. The topological polar surface area (TPSA) is 72.9 Å². The molecular weight excluding hydrogens is 290 g/mol.